The molecule has 2 aliphatic rings. The molecule has 0 saturated carbocycles. The summed E-state index contributed by atoms with van der Waals surface area (Å²) < 4.78 is 0. The van der Waals surface area contributed by atoms with Crippen LogP contribution in [-0.4, -0.2) is 35.4 Å². The topological polar surface area (TPSA) is 60.2 Å². The molecule has 0 aromatic carbocycles. The van der Waals surface area contributed by atoms with Crippen LogP contribution in [0, 0.1) is 17.2 Å². The minimum absolute atomic E-state index is 0.291. The van der Waals surface area contributed by atoms with Crippen LogP contribution in [0.1, 0.15) is 35.3 Å². The van der Waals surface area contributed by atoms with Crippen LogP contribution in [-0.2, 0) is 17.8 Å². The quantitative estimate of drug-likeness (QED) is 0.837. The van der Waals surface area contributed by atoms with Gasteiger partial charge in [-0.2, -0.15) is 5.26 Å². The van der Waals surface area contributed by atoms with E-state index in [4.69, 9.17) is 0 Å². The SMILES string of the molecule is N#Cc1ccncc1N1CCC(CC(=O)N2CCc3sccc3C2)CC1. The normalized spacial score (nSPS) is 17.7. The van der Waals surface area contributed by atoms with Gasteiger partial charge in [-0.15, -0.1) is 11.3 Å². The Labute approximate surface area is 157 Å². The number of pyridine rings is 1. The molecular weight excluding hydrogens is 344 g/mol. The third-order valence-corrected chi connectivity index (χ3v) is 6.52. The highest BCUT2D eigenvalue weighted by atomic mass is 32.1. The number of rotatable bonds is 3. The number of thiophene rings is 1. The number of aromatic nitrogens is 1. The molecule has 0 radical (unpaired) electrons. The fourth-order valence-corrected chi connectivity index (χ4v) is 4.84. The van der Waals surface area contributed by atoms with Crippen molar-refractivity contribution in [2.24, 2.45) is 5.92 Å². The van der Waals surface area contributed by atoms with Crippen LogP contribution in [0.4, 0.5) is 5.69 Å². The van der Waals surface area contributed by atoms with E-state index in [1.165, 1.54) is 10.4 Å². The van der Waals surface area contributed by atoms with Crippen LogP contribution in [0.3, 0.4) is 0 Å². The molecule has 0 atom stereocenters. The van der Waals surface area contributed by atoms with Gasteiger partial charge in [0.1, 0.15) is 6.07 Å². The maximum absolute atomic E-state index is 12.7. The molecule has 6 heteroatoms. The number of hydrogen-bond acceptors (Lipinski definition) is 5. The Morgan fingerprint density at radius 1 is 1.31 bits per heavy atom. The molecule has 1 amide bonds. The van der Waals surface area contributed by atoms with Gasteiger partial charge in [-0.3, -0.25) is 9.78 Å². The molecule has 134 valence electrons. The van der Waals surface area contributed by atoms with Crippen molar-refractivity contribution in [3.05, 3.63) is 45.9 Å². The summed E-state index contributed by atoms with van der Waals surface area (Å²) >= 11 is 1.80. The van der Waals surface area contributed by atoms with Gasteiger partial charge in [0.05, 0.1) is 17.4 Å². The molecule has 2 aromatic heterocycles. The highest BCUT2D eigenvalue weighted by molar-refractivity contribution is 7.10. The lowest BCUT2D eigenvalue weighted by atomic mass is 9.92. The standard InChI is InChI=1S/C20H22N4OS/c21-12-16-1-6-22-13-18(16)23-7-2-15(3-8-23)11-20(25)24-9-4-19-17(14-24)5-10-26-19/h1,5-6,10,13,15H,2-4,7-9,11,14H2. The van der Waals surface area contributed by atoms with Gasteiger partial charge < -0.3 is 9.80 Å². The molecule has 5 nitrogen and oxygen atoms in total. The van der Waals surface area contributed by atoms with E-state index in [9.17, 15) is 10.1 Å². The molecule has 0 spiro atoms. The summed E-state index contributed by atoms with van der Waals surface area (Å²) in [6.45, 7) is 3.39. The second-order valence-electron chi connectivity index (χ2n) is 7.07. The number of anilines is 1. The van der Waals surface area contributed by atoms with E-state index in [0.29, 0.717) is 23.8 Å². The van der Waals surface area contributed by atoms with Crippen molar-refractivity contribution in [3.8, 4) is 6.07 Å². The molecular formula is C20H22N4OS. The zero-order valence-electron chi connectivity index (χ0n) is 14.7. The second kappa shape index (κ2) is 7.46. The van der Waals surface area contributed by atoms with Gasteiger partial charge in [0.15, 0.2) is 0 Å². The molecule has 1 saturated heterocycles. The lowest BCUT2D eigenvalue weighted by Gasteiger charge is -2.35. The van der Waals surface area contributed by atoms with Crippen LogP contribution in [0.25, 0.3) is 0 Å². The first-order valence-electron chi connectivity index (χ1n) is 9.16. The number of hydrogen-bond donors (Lipinski definition) is 0. The van der Waals surface area contributed by atoms with E-state index < -0.39 is 0 Å². The van der Waals surface area contributed by atoms with Gasteiger partial charge in [-0.1, -0.05) is 0 Å². The first-order valence-corrected chi connectivity index (χ1v) is 10.0. The Morgan fingerprint density at radius 2 is 2.15 bits per heavy atom. The van der Waals surface area contributed by atoms with Crippen LogP contribution < -0.4 is 4.90 Å². The monoisotopic (exact) mass is 366 g/mol. The van der Waals surface area contributed by atoms with Gasteiger partial charge in [0.2, 0.25) is 5.91 Å². The fourth-order valence-electron chi connectivity index (χ4n) is 3.95. The highest BCUT2D eigenvalue weighted by Gasteiger charge is 2.27. The summed E-state index contributed by atoms with van der Waals surface area (Å²) in [5, 5.41) is 11.4. The number of nitriles is 1. The summed E-state index contributed by atoms with van der Waals surface area (Å²) in [6.07, 6.45) is 7.05. The van der Waals surface area contributed by atoms with Crippen LogP contribution in [0.2, 0.25) is 0 Å². The number of nitrogens with zero attached hydrogens (tertiary/aromatic N) is 4. The Kier molecular flexibility index (Phi) is 4.89. The number of carbonyl (C=O) groups excluding carboxylic acids is 1. The maximum atomic E-state index is 12.7. The van der Waals surface area contributed by atoms with Gasteiger partial charge in [0.25, 0.3) is 0 Å². The second-order valence-corrected chi connectivity index (χ2v) is 8.07. The summed E-state index contributed by atoms with van der Waals surface area (Å²) in [4.78, 5) is 22.6. The van der Waals surface area contributed by atoms with Crippen LogP contribution in [0.5, 0.6) is 0 Å². The molecule has 2 aromatic rings. The Balaban J connectivity index is 1.32. The van der Waals surface area contributed by atoms with Crippen molar-refractivity contribution in [2.45, 2.75) is 32.2 Å². The van der Waals surface area contributed by atoms with E-state index in [0.717, 1.165) is 51.1 Å². The Bertz CT molecular complexity index is 832. The molecule has 26 heavy (non-hydrogen) atoms. The maximum Gasteiger partial charge on any atom is 0.223 e. The van der Waals surface area contributed by atoms with Crippen molar-refractivity contribution in [3.63, 3.8) is 0 Å². The summed E-state index contributed by atoms with van der Waals surface area (Å²) in [5.41, 5.74) is 2.92. The van der Waals surface area contributed by atoms with Crippen molar-refractivity contribution >= 4 is 22.9 Å². The largest absolute Gasteiger partial charge is 0.369 e. The van der Waals surface area contributed by atoms with Crippen molar-refractivity contribution in [1.82, 2.24) is 9.88 Å². The molecule has 4 rings (SSSR count). The first-order chi connectivity index (χ1) is 12.7. The van der Waals surface area contributed by atoms with E-state index in [-0.39, 0.29) is 0 Å². The highest BCUT2D eigenvalue weighted by Crippen LogP contribution is 2.29. The number of carbonyl (C=O) groups is 1. The number of amides is 1. The van der Waals surface area contributed by atoms with E-state index in [1.54, 1.807) is 29.8 Å². The summed E-state index contributed by atoms with van der Waals surface area (Å²) in [6, 6.07) is 6.16. The Hall–Kier alpha value is -2.39. The zero-order valence-corrected chi connectivity index (χ0v) is 15.5. The zero-order chi connectivity index (χ0) is 17.9. The molecule has 4 heterocycles. The molecule has 2 aliphatic heterocycles. The summed E-state index contributed by atoms with van der Waals surface area (Å²) in [7, 11) is 0. The lowest BCUT2D eigenvalue weighted by Crippen LogP contribution is -2.39. The molecule has 1 fully saturated rings. The number of piperidine rings is 1. The summed E-state index contributed by atoms with van der Waals surface area (Å²) in [5.74, 6) is 0.726. The molecule has 0 aliphatic carbocycles. The van der Waals surface area contributed by atoms with Crippen molar-refractivity contribution in [1.29, 1.82) is 5.26 Å². The average molecular weight is 366 g/mol. The van der Waals surface area contributed by atoms with Gasteiger partial charge in [0, 0.05) is 43.7 Å². The molecule has 0 bridgehead atoms. The average Bonchev–Trinajstić information content (AvgIpc) is 3.16. The fraction of sp³-hybridized carbons (Fsp3) is 0.450. The Morgan fingerprint density at radius 3 is 2.96 bits per heavy atom. The van der Waals surface area contributed by atoms with E-state index >= 15 is 0 Å². The number of fused-ring (bicyclic) bond motifs is 1. The van der Waals surface area contributed by atoms with Crippen molar-refractivity contribution in [2.75, 3.05) is 24.5 Å². The first kappa shape index (κ1) is 17.0. The molecule has 0 unspecified atom stereocenters. The van der Waals surface area contributed by atoms with Gasteiger partial charge in [-0.05, 0) is 48.3 Å². The smallest absolute Gasteiger partial charge is 0.223 e. The predicted molar refractivity (Wildman–Crippen MR) is 102 cm³/mol. The minimum Gasteiger partial charge on any atom is -0.369 e. The third-order valence-electron chi connectivity index (χ3n) is 5.50. The van der Waals surface area contributed by atoms with E-state index in [2.05, 4.69) is 27.4 Å². The van der Waals surface area contributed by atoms with Crippen LogP contribution >= 0.6 is 11.3 Å². The lowest BCUT2D eigenvalue weighted by molar-refractivity contribution is -0.133. The van der Waals surface area contributed by atoms with Gasteiger partial charge >= 0.3 is 0 Å². The third kappa shape index (κ3) is 3.45. The van der Waals surface area contributed by atoms with Gasteiger partial charge in [-0.25, -0.2) is 0 Å². The van der Waals surface area contributed by atoms with E-state index in [1.807, 2.05) is 4.90 Å². The molecule has 0 N–H and O–H groups in total. The van der Waals surface area contributed by atoms with Crippen molar-refractivity contribution < 1.29 is 4.79 Å². The predicted octanol–water partition coefficient (Wildman–Crippen LogP) is 3.21. The minimum atomic E-state index is 0.291. The van der Waals surface area contributed by atoms with Crippen LogP contribution in [0.15, 0.2) is 29.9 Å².